The van der Waals surface area contributed by atoms with Gasteiger partial charge in [0.15, 0.2) is 5.78 Å². The van der Waals surface area contributed by atoms with Crippen LogP contribution < -0.4 is 0 Å². The van der Waals surface area contributed by atoms with Crippen molar-refractivity contribution in [3.63, 3.8) is 0 Å². The van der Waals surface area contributed by atoms with Crippen molar-refractivity contribution in [2.75, 3.05) is 40.3 Å². The van der Waals surface area contributed by atoms with Crippen LogP contribution in [0.5, 0.6) is 0 Å². The van der Waals surface area contributed by atoms with E-state index >= 15 is 0 Å². The van der Waals surface area contributed by atoms with E-state index in [2.05, 4.69) is 30.8 Å². The molecule has 0 unspecified atom stereocenters. The zero-order valence-electron chi connectivity index (χ0n) is 11.6. The predicted octanol–water partition coefficient (Wildman–Crippen LogP) is 3.51. The van der Waals surface area contributed by atoms with E-state index in [1.165, 1.54) is 11.3 Å². The lowest BCUT2D eigenvalue weighted by molar-refractivity contribution is 0.0932. The second-order valence-electron chi connectivity index (χ2n) is 4.69. The van der Waals surface area contributed by atoms with Gasteiger partial charge in [0.1, 0.15) is 4.34 Å². The van der Waals surface area contributed by atoms with Gasteiger partial charge in [-0.2, -0.15) is 0 Å². The molecule has 0 aliphatic rings. The molecule has 108 valence electrons. The zero-order chi connectivity index (χ0) is 14.4. The van der Waals surface area contributed by atoms with Gasteiger partial charge >= 0.3 is 0 Å². The lowest BCUT2D eigenvalue weighted by atomic mass is 10.2. The average Bonchev–Trinajstić information content (AvgIpc) is 2.66. The summed E-state index contributed by atoms with van der Waals surface area (Å²) in [5.41, 5.74) is 0.544. The standard InChI is InChI=1S/C13H20Cl2N2OS/c1-4-17(7-5-6-16(2)3)9-11(18)10-8-12(14)19-13(10)15/h8H,4-7,9H2,1-3H3. The van der Waals surface area contributed by atoms with Gasteiger partial charge in [-0.25, -0.2) is 0 Å². The number of Topliss-reactive ketones (excluding diaryl/α,β-unsaturated/α-hetero) is 1. The number of rotatable bonds is 8. The van der Waals surface area contributed by atoms with Crippen LogP contribution in [0.3, 0.4) is 0 Å². The molecule has 1 rings (SSSR count). The molecule has 0 spiro atoms. The van der Waals surface area contributed by atoms with E-state index in [-0.39, 0.29) is 5.78 Å². The monoisotopic (exact) mass is 322 g/mol. The second kappa shape index (κ2) is 8.22. The van der Waals surface area contributed by atoms with Crippen molar-refractivity contribution in [2.45, 2.75) is 13.3 Å². The maximum Gasteiger partial charge on any atom is 0.179 e. The average molecular weight is 323 g/mol. The number of ketones is 1. The van der Waals surface area contributed by atoms with Crippen LogP contribution in [0.4, 0.5) is 0 Å². The Morgan fingerprint density at radius 1 is 1.32 bits per heavy atom. The zero-order valence-corrected chi connectivity index (χ0v) is 13.9. The smallest absolute Gasteiger partial charge is 0.179 e. The number of carbonyl (C=O) groups excluding carboxylic acids is 1. The number of hydrogen-bond donors (Lipinski definition) is 0. The number of likely N-dealkylation sites (N-methyl/N-ethyl adjacent to an activating group) is 1. The number of carbonyl (C=O) groups is 1. The quantitative estimate of drug-likeness (QED) is 0.684. The number of thiophene rings is 1. The van der Waals surface area contributed by atoms with Gasteiger partial charge in [0.05, 0.1) is 16.4 Å². The van der Waals surface area contributed by atoms with E-state index in [1.54, 1.807) is 6.07 Å². The molecule has 0 aliphatic carbocycles. The first kappa shape index (κ1) is 16.9. The fourth-order valence-electron chi connectivity index (χ4n) is 1.78. The molecule has 0 bridgehead atoms. The molecule has 1 aromatic rings. The molecule has 0 saturated carbocycles. The minimum absolute atomic E-state index is 0.0415. The molecule has 0 N–H and O–H groups in total. The van der Waals surface area contributed by atoms with Crippen LogP contribution in [0.15, 0.2) is 6.07 Å². The minimum Gasteiger partial charge on any atom is -0.309 e. The van der Waals surface area contributed by atoms with Crippen molar-refractivity contribution < 1.29 is 4.79 Å². The van der Waals surface area contributed by atoms with E-state index in [0.717, 1.165) is 26.1 Å². The highest BCUT2D eigenvalue weighted by Crippen LogP contribution is 2.31. The number of halogens is 2. The fourth-order valence-corrected chi connectivity index (χ4v) is 3.28. The summed E-state index contributed by atoms with van der Waals surface area (Å²) in [5, 5.41) is 0. The van der Waals surface area contributed by atoms with Crippen molar-refractivity contribution in [1.29, 1.82) is 0 Å². The Kier molecular flexibility index (Phi) is 7.32. The van der Waals surface area contributed by atoms with Crippen LogP contribution in [0.1, 0.15) is 23.7 Å². The van der Waals surface area contributed by atoms with Crippen molar-refractivity contribution in [3.8, 4) is 0 Å². The van der Waals surface area contributed by atoms with Gasteiger partial charge in [0.25, 0.3) is 0 Å². The van der Waals surface area contributed by atoms with Crippen LogP contribution in [-0.2, 0) is 0 Å². The van der Waals surface area contributed by atoms with Crippen LogP contribution in [-0.4, -0.2) is 55.9 Å². The Morgan fingerprint density at radius 3 is 2.47 bits per heavy atom. The normalized spacial score (nSPS) is 11.5. The van der Waals surface area contributed by atoms with Gasteiger partial charge < -0.3 is 4.90 Å². The van der Waals surface area contributed by atoms with Crippen LogP contribution in [0.25, 0.3) is 0 Å². The summed E-state index contributed by atoms with van der Waals surface area (Å²) >= 11 is 13.1. The summed E-state index contributed by atoms with van der Waals surface area (Å²) in [5.74, 6) is 0.0415. The van der Waals surface area contributed by atoms with E-state index in [1.807, 2.05) is 0 Å². The van der Waals surface area contributed by atoms with Crippen molar-refractivity contribution in [3.05, 3.63) is 20.3 Å². The van der Waals surface area contributed by atoms with Gasteiger partial charge in [0, 0.05) is 0 Å². The Labute approximate surface area is 129 Å². The van der Waals surface area contributed by atoms with Gasteiger partial charge in [0.2, 0.25) is 0 Å². The topological polar surface area (TPSA) is 23.6 Å². The maximum absolute atomic E-state index is 12.2. The summed E-state index contributed by atoms with van der Waals surface area (Å²) in [4.78, 5) is 16.4. The predicted molar refractivity (Wildman–Crippen MR) is 84.0 cm³/mol. The molecule has 19 heavy (non-hydrogen) atoms. The first-order chi connectivity index (χ1) is 8.93. The van der Waals surface area contributed by atoms with Gasteiger partial charge in [-0.3, -0.25) is 9.69 Å². The molecule has 6 heteroatoms. The molecule has 1 heterocycles. The van der Waals surface area contributed by atoms with E-state index in [0.29, 0.717) is 20.8 Å². The molecule has 0 radical (unpaired) electrons. The van der Waals surface area contributed by atoms with Crippen molar-refractivity contribution in [2.24, 2.45) is 0 Å². The number of hydrogen-bond acceptors (Lipinski definition) is 4. The minimum atomic E-state index is 0.0415. The van der Waals surface area contributed by atoms with Crippen molar-refractivity contribution in [1.82, 2.24) is 9.80 Å². The SMILES string of the molecule is CCN(CCCN(C)C)CC(=O)c1cc(Cl)sc1Cl. The molecule has 0 atom stereocenters. The molecule has 3 nitrogen and oxygen atoms in total. The molecule has 0 aliphatic heterocycles. The van der Waals surface area contributed by atoms with Gasteiger partial charge in [-0.1, -0.05) is 30.1 Å². The Bertz CT molecular complexity index is 421. The Morgan fingerprint density at radius 2 is 2.00 bits per heavy atom. The second-order valence-corrected chi connectivity index (χ2v) is 6.97. The lowest BCUT2D eigenvalue weighted by Gasteiger charge is -2.20. The highest BCUT2D eigenvalue weighted by Gasteiger charge is 2.16. The molecule has 0 saturated heterocycles. The molecule has 0 fully saturated rings. The largest absolute Gasteiger partial charge is 0.309 e. The highest BCUT2D eigenvalue weighted by atomic mass is 35.5. The first-order valence-corrected chi connectivity index (χ1v) is 7.86. The van der Waals surface area contributed by atoms with E-state index < -0.39 is 0 Å². The molecule has 0 aromatic carbocycles. The molecular weight excluding hydrogens is 303 g/mol. The van der Waals surface area contributed by atoms with Gasteiger partial charge in [-0.05, 0) is 46.2 Å². The third kappa shape index (κ3) is 5.79. The third-order valence-corrected chi connectivity index (χ3v) is 4.34. The van der Waals surface area contributed by atoms with Crippen molar-refractivity contribution >= 4 is 40.3 Å². The summed E-state index contributed by atoms with van der Waals surface area (Å²) in [6, 6.07) is 1.66. The van der Waals surface area contributed by atoms with Gasteiger partial charge in [-0.15, -0.1) is 11.3 Å². The summed E-state index contributed by atoms with van der Waals surface area (Å²) in [6.07, 6.45) is 1.05. The summed E-state index contributed by atoms with van der Waals surface area (Å²) < 4.78 is 1.04. The summed E-state index contributed by atoms with van der Waals surface area (Å²) in [7, 11) is 4.10. The Balaban J connectivity index is 2.51. The molecule has 0 amide bonds. The first-order valence-electron chi connectivity index (χ1n) is 6.29. The van der Waals surface area contributed by atoms with E-state index in [9.17, 15) is 4.79 Å². The van der Waals surface area contributed by atoms with Crippen LogP contribution in [0, 0.1) is 0 Å². The highest BCUT2D eigenvalue weighted by molar-refractivity contribution is 7.20. The number of nitrogens with zero attached hydrogens (tertiary/aromatic N) is 2. The third-order valence-electron chi connectivity index (χ3n) is 2.85. The van der Waals surface area contributed by atoms with Crippen LogP contribution in [0.2, 0.25) is 8.67 Å². The summed E-state index contributed by atoms with van der Waals surface area (Å²) in [6.45, 7) is 5.25. The maximum atomic E-state index is 12.2. The van der Waals surface area contributed by atoms with Crippen LogP contribution >= 0.6 is 34.5 Å². The molecule has 1 aromatic heterocycles. The fraction of sp³-hybridized carbons (Fsp3) is 0.615. The van der Waals surface area contributed by atoms with E-state index in [4.69, 9.17) is 23.2 Å². The lowest BCUT2D eigenvalue weighted by Crippen LogP contribution is -2.32. The molecular formula is C13H20Cl2N2OS. The Hall–Kier alpha value is -0.130.